The number of fused-ring (bicyclic) bond motifs is 1. The minimum Gasteiger partial charge on any atom is -1.00 e. The summed E-state index contributed by atoms with van der Waals surface area (Å²) in [5.74, 6) is 1.47. The number of hydrogen-bond acceptors (Lipinski definition) is 1. The van der Waals surface area contributed by atoms with E-state index in [9.17, 15) is 8.78 Å². The summed E-state index contributed by atoms with van der Waals surface area (Å²) in [7, 11) is 0. The maximum absolute atomic E-state index is 12.4. The molecule has 0 unspecified atom stereocenters. The number of rotatable bonds is 4. The highest BCUT2D eigenvalue weighted by atomic mass is 79.9. The molecule has 6 heteroatoms. The molecule has 27 heavy (non-hydrogen) atoms. The predicted molar refractivity (Wildman–Crippen MR) is 95.6 cm³/mol. The van der Waals surface area contributed by atoms with Crippen molar-refractivity contribution in [1.82, 2.24) is 4.57 Å². The quantitative estimate of drug-likeness (QED) is 0.572. The number of aromatic nitrogens is 2. The van der Waals surface area contributed by atoms with Crippen molar-refractivity contribution in [1.29, 1.82) is 0 Å². The Labute approximate surface area is 168 Å². The highest BCUT2D eigenvalue weighted by Gasteiger charge is 2.27. The van der Waals surface area contributed by atoms with Crippen LogP contribution in [0, 0.1) is 0 Å². The second kappa shape index (κ2) is 8.65. The number of hydrogen-bond donors (Lipinski definition) is 0. The summed E-state index contributed by atoms with van der Waals surface area (Å²) in [6.07, 6.45) is 6.80. The predicted octanol–water partition coefficient (Wildman–Crippen LogP) is 1.76. The van der Waals surface area contributed by atoms with Crippen LogP contribution in [0.3, 0.4) is 0 Å². The molecule has 2 aromatic carbocycles. The number of para-hydroxylation sites is 1. The fourth-order valence-electron chi connectivity index (χ4n) is 3.61. The van der Waals surface area contributed by atoms with E-state index in [0.717, 1.165) is 29.9 Å². The SMILES string of the molecule is FC(F)Oc1ccc(-c2c[n+]3c(n2-c2ccccc2)CCCCC3)cc1.[Br-]. The van der Waals surface area contributed by atoms with Crippen LogP contribution in [0.1, 0.15) is 25.1 Å². The van der Waals surface area contributed by atoms with Gasteiger partial charge < -0.3 is 21.7 Å². The monoisotopic (exact) mass is 434 g/mol. The Kier molecular flexibility index (Phi) is 6.26. The first-order chi connectivity index (χ1) is 12.7. The number of imidazole rings is 1. The maximum Gasteiger partial charge on any atom is 0.387 e. The molecule has 0 radical (unpaired) electrons. The number of nitrogens with zero attached hydrogens (tertiary/aromatic N) is 2. The fraction of sp³-hybridized carbons (Fsp3) is 0.286. The Hall–Kier alpha value is -2.21. The third-order valence-electron chi connectivity index (χ3n) is 4.80. The van der Waals surface area contributed by atoms with E-state index in [4.69, 9.17) is 0 Å². The summed E-state index contributed by atoms with van der Waals surface area (Å²) in [5.41, 5.74) is 3.17. The van der Waals surface area contributed by atoms with Gasteiger partial charge in [0.2, 0.25) is 0 Å². The van der Waals surface area contributed by atoms with Gasteiger partial charge in [0.05, 0.1) is 6.54 Å². The van der Waals surface area contributed by atoms with Crippen LogP contribution in [0.25, 0.3) is 16.9 Å². The van der Waals surface area contributed by atoms with Crippen LogP contribution in [-0.2, 0) is 13.0 Å². The molecule has 0 N–H and O–H groups in total. The van der Waals surface area contributed by atoms with Crippen LogP contribution in [0.2, 0.25) is 0 Å². The second-order valence-corrected chi connectivity index (χ2v) is 6.51. The van der Waals surface area contributed by atoms with Gasteiger partial charge in [0.15, 0.2) is 5.69 Å². The zero-order valence-corrected chi connectivity index (χ0v) is 16.4. The topological polar surface area (TPSA) is 18.0 Å². The van der Waals surface area contributed by atoms with E-state index >= 15 is 0 Å². The van der Waals surface area contributed by atoms with Crippen LogP contribution in [0.5, 0.6) is 5.75 Å². The van der Waals surface area contributed by atoms with Crippen molar-refractivity contribution < 1.29 is 35.1 Å². The van der Waals surface area contributed by atoms with Gasteiger partial charge in [-0.15, -0.1) is 0 Å². The van der Waals surface area contributed by atoms with Crippen molar-refractivity contribution >= 4 is 0 Å². The van der Waals surface area contributed by atoms with Crippen molar-refractivity contribution in [2.24, 2.45) is 0 Å². The Balaban J connectivity index is 0.00000210. The molecule has 0 atom stereocenters. The van der Waals surface area contributed by atoms with Gasteiger partial charge in [-0.05, 0) is 55.7 Å². The van der Waals surface area contributed by atoms with Gasteiger partial charge in [0.25, 0.3) is 5.82 Å². The Morgan fingerprint density at radius 3 is 2.37 bits per heavy atom. The summed E-state index contributed by atoms with van der Waals surface area (Å²) in [4.78, 5) is 0. The lowest BCUT2D eigenvalue weighted by atomic mass is 10.1. The molecule has 2 heterocycles. The molecule has 1 aromatic heterocycles. The molecule has 0 fully saturated rings. The first-order valence-electron chi connectivity index (χ1n) is 8.97. The zero-order chi connectivity index (χ0) is 17.9. The number of aryl methyl sites for hydroxylation is 1. The highest BCUT2D eigenvalue weighted by Crippen LogP contribution is 2.28. The van der Waals surface area contributed by atoms with E-state index in [-0.39, 0.29) is 22.7 Å². The normalized spacial score (nSPS) is 13.6. The average molecular weight is 435 g/mol. The second-order valence-electron chi connectivity index (χ2n) is 6.51. The van der Waals surface area contributed by atoms with E-state index in [1.807, 2.05) is 30.3 Å². The smallest absolute Gasteiger partial charge is 0.387 e. The lowest BCUT2D eigenvalue weighted by molar-refractivity contribution is -0.702. The molecule has 1 aliphatic heterocycles. The van der Waals surface area contributed by atoms with Crippen molar-refractivity contribution in [2.75, 3.05) is 0 Å². The molecule has 0 saturated carbocycles. The van der Waals surface area contributed by atoms with E-state index in [0.29, 0.717) is 0 Å². The van der Waals surface area contributed by atoms with Crippen molar-refractivity contribution in [3.05, 3.63) is 66.6 Å². The van der Waals surface area contributed by atoms with Gasteiger partial charge >= 0.3 is 6.61 Å². The minimum atomic E-state index is -2.80. The third-order valence-corrected chi connectivity index (χ3v) is 4.80. The summed E-state index contributed by atoms with van der Waals surface area (Å²) < 4.78 is 33.9. The largest absolute Gasteiger partial charge is 1.00 e. The molecule has 0 aliphatic carbocycles. The zero-order valence-electron chi connectivity index (χ0n) is 14.8. The van der Waals surface area contributed by atoms with Gasteiger partial charge in [-0.2, -0.15) is 13.3 Å². The van der Waals surface area contributed by atoms with Crippen molar-refractivity contribution in [3.8, 4) is 22.7 Å². The van der Waals surface area contributed by atoms with Crippen LogP contribution >= 0.6 is 0 Å². The summed E-state index contributed by atoms with van der Waals surface area (Å²) >= 11 is 0. The molecule has 0 saturated heterocycles. The summed E-state index contributed by atoms with van der Waals surface area (Å²) in [6.45, 7) is -1.80. The highest BCUT2D eigenvalue weighted by molar-refractivity contribution is 5.62. The molecule has 1 aliphatic rings. The lowest BCUT2D eigenvalue weighted by Crippen LogP contribution is -3.00. The van der Waals surface area contributed by atoms with Gasteiger partial charge in [0.1, 0.15) is 17.6 Å². The number of ether oxygens (including phenoxy) is 1. The molecule has 3 aromatic rings. The number of halogens is 3. The fourth-order valence-corrected chi connectivity index (χ4v) is 3.61. The number of alkyl halides is 2. The molecular formula is C21H21BrF2N2O. The Morgan fingerprint density at radius 1 is 0.926 bits per heavy atom. The first-order valence-corrected chi connectivity index (χ1v) is 8.97. The van der Waals surface area contributed by atoms with Crippen LogP contribution < -0.4 is 26.3 Å². The molecule has 4 rings (SSSR count). The van der Waals surface area contributed by atoms with Gasteiger partial charge in [0, 0.05) is 12.0 Å². The van der Waals surface area contributed by atoms with E-state index < -0.39 is 6.61 Å². The maximum atomic E-state index is 12.4. The van der Waals surface area contributed by atoms with Gasteiger partial charge in [-0.3, -0.25) is 0 Å². The molecular weight excluding hydrogens is 414 g/mol. The Morgan fingerprint density at radius 2 is 1.67 bits per heavy atom. The lowest BCUT2D eigenvalue weighted by Gasteiger charge is -2.07. The molecule has 0 amide bonds. The standard InChI is InChI=1S/C21H21F2N2O.BrH/c22-21(23)26-18-12-10-16(11-13-18)19-15-24-14-6-2-5-9-20(24)25(19)17-7-3-1-4-8-17;/h1,3-4,7-8,10-13,15,21H,2,5-6,9,14H2;1H/q+1;/p-1. The molecule has 3 nitrogen and oxygen atoms in total. The minimum absolute atomic E-state index is 0. The van der Waals surface area contributed by atoms with Crippen LogP contribution in [0.4, 0.5) is 8.78 Å². The molecule has 0 bridgehead atoms. The van der Waals surface area contributed by atoms with E-state index in [1.54, 1.807) is 12.1 Å². The third kappa shape index (κ3) is 4.21. The summed E-state index contributed by atoms with van der Waals surface area (Å²) in [5, 5.41) is 0. The summed E-state index contributed by atoms with van der Waals surface area (Å²) in [6, 6.07) is 17.2. The van der Waals surface area contributed by atoms with Crippen molar-refractivity contribution in [2.45, 2.75) is 38.8 Å². The van der Waals surface area contributed by atoms with E-state index in [2.05, 4.69) is 32.2 Å². The van der Waals surface area contributed by atoms with Gasteiger partial charge in [-0.1, -0.05) is 18.2 Å². The van der Waals surface area contributed by atoms with Crippen molar-refractivity contribution in [3.63, 3.8) is 0 Å². The molecule has 0 spiro atoms. The average Bonchev–Trinajstić information content (AvgIpc) is 2.85. The van der Waals surface area contributed by atoms with Gasteiger partial charge in [-0.25, -0.2) is 4.57 Å². The number of benzene rings is 2. The van der Waals surface area contributed by atoms with E-state index in [1.165, 1.54) is 25.1 Å². The Bertz CT molecular complexity index is 879. The molecule has 142 valence electrons. The van der Waals surface area contributed by atoms with Crippen LogP contribution in [0.15, 0.2) is 60.8 Å². The van der Waals surface area contributed by atoms with Crippen LogP contribution in [-0.4, -0.2) is 11.2 Å². The first kappa shape index (κ1) is 19.5.